The minimum atomic E-state index is -0.725. The lowest BCUT2D eigenvalue weighted by atomic mass is 10.3. The third kappa shape index (κ3) is 9.86. The molecule has 0 saturated carbocycles. The van der Waals surface area contributed by atoms with Gasteiger partial charge in [0.05, 0.1) is 33.0 Å². The van der Waals surface area contributed by atoms with Crippen molar-refractivity contribution in [3.8, 4) is 5.75 Å². The van der Waals surface area contributed by atoms with Crippen molar-refractivity contribution in [2.75, 3.05) is 39.6 Å². The molecule has 1 rings (SSSR count). The maximum absolute atomic E-state index is 9.94. The molecule has 1 atom stereocenters. The Morgan fingerprint density at radius 1 is 0.913 bits per heavy atom. The third-order valence-corrected chi connectivity index (χ3v) is 2.79. The number of rotatable bonds is 14. The first-order valence-corrected chi connectivity index (χ1v) is 7.61. The van der Waals surface area contributed by atoms with Gasteiger partial charge in [0.2, 0.25) is 0 Å². The van der Waals surface area contributed by atoms with Crippen molar-refractivity contribution in [2.24, 2.45) is 0 Å². The van der Waals surface area contributed by atoms with Gasteiger partial charge in [0.25, 0.3) is 0 Å². The smallest absolute Gasteiger partial charge is 0.119 e. The van der Waals surface area contributed by atoms with Gasteiger partial charge < -0.3 is 24.1 Å². The molecule has 0 bridgehead atoms. The number of ether oxygens (including phenoxy) is 4. The van der Waals surface area contributed by atoms with Crippen LogP contribution in [-0.2, 0) is 14.2 Å². The Morgan fingerprint density at radius 2 is 1.52 bits per heavy atom. The standard InChI is InChI=1S/C18H26O5/c1-3-10-20-14-18(15-21-11-4-2)23-13-16(19)12-22-17-8-6-5-7-9-17/h3-9,16,18-19H,1-2,10-15H2. The first-order valence-electron chi connectivity index (χ1n) is 7.61. The summed E-state index contributed by atoms with van der Waals surface area (Å²) in [7, 11) is 0. The Labute approximate surface area is 138 Å². The Kier molecular flexibility index (Phi) is 10.8. The summed E-state index contributed by atoms with van der Waals surface area (Å²) in [5.74, 6) is 0.715. The van der Waals surface area contributed by atoms with Crippen LogP contribution in [0.3, 0.4) is 0 Å². The fraction of sp³-hybridized carbons (Fsp3) is 0.444. The van der Waals surface area contributed by atoms with Gasteiger partial charge in [-0.2, -0.15) is 0 Å². The van der Waals surface area contributed by atoms with Crippen molar-refractivity contribution in [1.29, 1.82) is 0 Å². The largest absolute Gasteiger partial charge is 0.491 e. The highest BCUT2D eigenvalue weighted by Gasteiger charge is 2.13. The second-order valence-corrected chi connectivity index (χ2v) is 4.89. The Morgan fingerprint density at radius 3 is 2.09 bits per heavy atom. The van der Waals surface area contributed by atoms with E-state index in [9.17, 15) is 5.11 Å². The lowest BCUT2D eigenvalue weighted by Crippen LogP contribution is -2.32. The number of hydrogen-bond donors (Lipinski definition) is 1. The summed E-state index contributed by atoms with van der Waals surface area (Å²) in [5, 5.41) is 9.94. The summed E-state index contributed by atoms with van der Waals surface area (Å²) in [6, 6.07) is 9.33. The second kappa shape index (κ2) is 12.8. The van der Waals surface area contributed by atoms with Gasteiger partial charge in [0.1, 0.15) is 24.6 Å². The molecule has 1 unspecified atom stereocenters. The van der Waals surface area contributed by atoms with Crippen LogP contribution in [0, 0.1) is 0 Å². The zero-order chi connectivity index (χ0) is 16.8. The molecule has 0 spiro atoms. The number of para-hydroxylation sites is 1. The van der Waals surface area contributed by atoms with Crippen molar-refractivity contribution in [3.05, 3.63) is 55.6 Å². The molecule has 0 radical (unpaired) electrons. The molecule has 0 heterocycles. The normalized spacial score (nSPS) is 12.1. The number of aliphatic hydroxyl groups is 1. The highest BCUT2D eigenvalue weighted by Crippen LogP contribution is 2.08. The highest BCUT2D eigenvalue weighted by atomic mass is 16.6. The van der Waals surface area contributed by atoms with E-state index in [4.69, 9.17) is 18.9 Å². The van der Waals surface area contributed by atoms with E-state index in [1.54, 1.807) is 12.2 Å². The maximum atomic E-state index is 9.94. The minimum absolute atomic E-state index is 0.145. The molecule has 0 fully saturated rings. The molecule has 5 nitrogen and oxygen atoms in total. The Hall–Kier alpha value is -1.66. The summed E-state index contributed by atoms with van der Waals surface area (Å²) in [5.41, 5.74) is 0. The van der Waals surface area contributed by atoms with Gasteiger partial charge >= 0.3 is 0 Å². The van der Waals surface area contributed by atoms with Crippen LogP contribution in [0.5, 0.6) is 5.75 Å². The van der Waals surface area contributed by atoms with Crippen molar-refractivity contribution < 1.29 is 24.1 Å². The first kappa shape index (κ1) is 19.4. The van der Waals surface area contributed by atoms with E-state index >= 15 is 0 Å². The van der Waals surface area contributed by atoms with Crippen molar-refractivity contribution in [1.82, 2.24) is 0 Å². The van der Waals surface area contributed by atoms with Crippen LogP contribution < -0.4 is 4.74 Å². The van der Waals surface area contributed by atoms with Crippen molar-refractivity contribution >= 4 is 0 Å². The average Bonchev–Trinajstić information content (AvgIpc) is 2.58. The molecular formula is C18H26O5. The van der Waals surface area contributed by atoms with E-state index in [2.05, 4.69) is 13.2 Å². The molecular weight excluding hydrogens is 296 g/mol. The number of benzene rings is 1. The zero-order valence-corrected chi connectivity index (χ0v) is 13.4. The van der Waals surface area contributed by atoms with Gasteiger partial charge in [-0.1, -0.05) is 30.4 Å². The molecule has 0 aliphatic carbocycles. The lowest BCUT2D eigenvalue weighted by Gasteiger charge is -2.20. The monoisotopic (exact) mass is 322 g/mol. The minimum Gasteiger partial charge on any atom is -0.491 e. The molecule has 128 valence electrons. The molecule has 0 amide bonds. The maximum Gasteiger partial charge on any atom is 0.119 e. The summed E-state index contributed by atoms with van der Waals surface area (Å²) in [6.45, 7) is 9.13. The number of aliphatic hydroxyl groups excluding tert-OH is 1. The molecule has 1 aromatic rings. The molecule has 1 N–H and O–H groups in total. The van der Waals surface area contributed by atoms with Crippen molar-refractivity contribution in [2.45, 2.75) is 12.2 Å². The zero-order valence-electron chi connectivity index (χ0n) is 13.4. The predicted molar refractivity (Wildman–Crippen MR) is 89.7 cm³/mol. The topological polar surface area (TPSA) is 57.2 Å². The van der Waals surface area contributed by atoms with E-state index in [1.165, 1.54) is 0 Å². The molecule has 0 aromatic heterocycles. The van der Waals surface area contributed by atoms with Crippen LogP contribution in [-0.4, -0.2) is 57.0 Å². The van der Waals surface area contributed by atoms with Crippen LogP contribution in [0.1, 0.15) is 0 Å². The molecule has 5 heteroatoms. The fourth-order valence-electron chi connectivity index (χ4n) is 1.71. The van der Waals surface area contributed by atoms with E-state index in [1.807, 2.05) is 30.3 Å². The Balaban J connectivity index is 2.26. The Bertz CT molecular complexity index is 407. The molecule has 0 aliphatic heterocycles. The third-order valence-electron chi connectivity index (χ3n) is 2.79. The van der Waals surface area contributed by atoms with E-state index in [0.717, 1.165) is 0 Å². The quantitative estimate of drug-likeness (QED) is 0.420. The lowest BCUT2D eigenvalue weighted by molar-refractivity contribution is -0.0810. The van der Waals surface area contributed by atoms with Gasteiger partial charge in [0, 0.05) is 0 Å². The van der Waals surface area contributed by atoms with Crippen LogP contribution in [0.4, 0.5) is 0 Å². The van der Waals surface area contributed by atoms with Gasteiger partial charge in [-0.05, 0) is 12.1 Å². The van der Waals surface area contributed by atoms with Gasteiger partial charge in [-0.15, -0.1) is 13.2 Å². The fourth-order valence-corrected chi connectivity index (χ4v) is 1.71. The van der Waals surface area contributed by atoms with E-state index in [-0.39, 0.29) is 19.3 Å². The molecule has 1 aromatic carbocycles. The second-order valence-electron chi connectivity index (χ2n) is 4.89. The summed E-state index contributed by atoms with van der Waals surface area (Å²) < 4.78 is 21.9. The molecule has 0 aliphatic rings. The van der Waals surface area contributed by atoms with Crippen LogP contribution in [0.2, 0.25) is 0 Å². The summed E-state index contributed by atoms with van der Waals surface area (Å²) in [6.07, 6.45) is 2.35. The van der Waals surface area contributed by atoms with Crippen LogP contribution in [0.15, 0.2) is 55.6 Å². The molecule has 0 saturated heterocycles. The first-order chi connectivity index (χ1) is 11.3. The van der Waals surface area contributed by atoms with Gasteiger partial charge in [0.15, 0.2) is 0 Å². The summed E-state index contributed by atoms with van der Waals surface area (Å²) in [4.78, 5) is 0. The molecule has 23 heavy (non-hydrogen) atoms. The van der Waals surface area contributed by atoms with Crippen LogP contribution >= 0.6 is 0 Å². The van der Waals surface area contributed by atoms with Gasteiger partial charge in [-0.3, -0.25) is 0 Å². The average molecular weight is 322 g/mol. The van der Waals surface area contributed by atoms with Crippen LogP contribution in [0.25, 0.3) is 0 Å². The number of hydrogen-bond acceptors (Lipinski definition) is 5. The summed E-state index contributed by atoms with van der Waals surface area (Å²) >= 11 is 0. The van der Waals surface area contributed by atoms with E-state index < -0.39 is 6.10 Å². The predicted octanol–water partition coefficient (Wildman–Crippen LogP) is 2.22. The SMILES string of the molecule is C=CCOCC(COCC=C)OCC(O)COc1ccccc1. The van der Waals surface area contributed by atoms with E-state index in [0.29, 0.717) is 32.2 Å². The highest BCUT2D eigenvalue weighted by molar-refractivity contribution is 5.20. The van der Waals surface area contributed by atoms with Gasteiger partial charge in [-0.25, -0.2) is 0 Å². The van der Waals surface area contributed by atoms with Crippen molar-refractivity contribution in [3.63, 3.8) is 0 Å².